The third-order valence-corrected chi connectivity index (χ3v) is 4.71. The number of hydrogen-bond acceptors (Lipinski definition) is 3. The standard InChI is InChI=1S/C18H26N2O2/c1-22-17-6-2-14(3-7-17)12-20(18(21)16-4-5-16)13-15-8-10-19-11-9-15/h2-3,6-7,15-16,19H,4-5,8-13H2,1H3. The first kappa shape index (κ1) is 15.3. The summed E-state index contributed by atoms with van der Waals surface area (Å²) < 4.78 is 5.20. The fourth-order valence-electron chi connectivity index (χ4n) is 3.15. The Morgan fingerprint density at radius 3 is 2.45 bits per heavy atom. The molecule has 1 amide bonds. The van der Waals surface area contributed by atoms with Crippen LogP contribution >= 0.6 is 0 Å². The molecule has 22 heavy (non-hydrogen) atoms. The van der Waals surface area contributed by atoms with Crippen molar-refractivity contribution >= 4 is 5.91 Å². The Labute approximate surface area is 132 Å². The second-order valence-electron chi connectivity index (χ2n) is 6.53. The average Bonchev–Trinajstić information content (AvgIpc) is 3.40. The molecular formula is C18H26N2O2. The number of ether oxygens (including phenoxy) is 1. The molecule has 1 heterocycles. The molecule has 4 heteroatoms. The van der Waals surface area contributed by atoms with E-state index < -0.39 is 0 Å². The van der Waals surface area contributed by atoms with Crippen LogP contribution in [0.15, 0.2) is 24.3 Å². The number of carbonyl (C=O) groups is 1. The van der Waals surface area contributed by atoms with E-state index in [1.807, 2.05) is 12.1 Å². The fourth-order valence-corrected chi connectivity index (χ4v) is 3.15. The van der Waals surface area contributed by atoms with Gasteiger partial charge in [0.05, 0.1) is 7.11 Å². The zero-order chi connectivity index (χ0) is 15.4. The molecule has 1 saturated heterocycles. The molecule has 2 fully saturated rings. The van der Waals surface area contributed by atoms with Crippen molar-refractivity contribution in [1.82, 2.24) is 10.2 Å². The van der Waals surface area contributed by atoms with Crippen molar-refractivity contribution < 1.29 is 9.53 Å². The van der Waals surface area contributed by atoms with Crippen LogP contribution in [0.25, 0.3) is 0 Å². The molecule has 0 spiro atoms. The number of nitrogens with one attached hydrogen (secondary N) is 1. The number of benzene rings is 1. The molecule has 1 N–H and O–H groups in total. The lowest BCUT2D eigenvalue weighted by Crippen LogP contribution is -2.39. The van der Waals surface area contributed by atoms with E-state index in [0.717, 1.165) is 44.8 Å². The Morgan fingerprint density at radius 1 is 1.18 bits per heavy atom. The first-order chi connectivity index (χ1) is 10.8. The Kier molecular flexibility index (Phi) is 4.98. The van der Waals surface area contributed by atoms with Gasteiger partial charge in [-0.15, -0.1) is 0 Å². The van der Waals surface area contributed by atoms with Crippen LogP contribution in [0.2, 0.25) is 0 Å². The number of nitrogens with zero attached hydrogens (tertiary/aromatic N) is 1. The minimum atomic E-state index is 0.292. The number of piperidine rings is 1. The van der Waals surface area contributed by atoms with E-state index in [1.165, 1.54) is 18.4 Å². The van der Waals surface area contributed by atoms with Crippen LogP contribution < -0.4 is 10.1 Å². The smallest absolute Gasteiger partial charge is 0.225 e. The van der Waals surface area contributed by atoms with Crippen LogP contribution in [0.1, 0.15) is 31.2 Å². The lowest BCUT2D eigenvalue weighted by atomic mass is 9.97. The highest BCUT2D eigenvalue weighted by atomic mass is 16.5. The predicted octanol–water partition coefficient (Wildman–Crippen LogP) is 2.43. The molecule has 3 rings (SSSR count). The highest BCUT2D eigenvalue weighted by molar-refractivity contribution is 5.81. The monoisotopic (exact) mass is 302 g/mol. The molecule has 0 aromatic heterocycles. The zero-order valence-corrected chi connectivity index (χ0v) is 13.4. The highest BCUT2D eigenvalue weighted by Gasteiger charge is 2.34. The van der Waals surface area contributed by atoms with Crippen molar-refractivity contribution in [3.8, 4) is 5.75 Å². The Bertz CT molecular complexity index is 490. The Hall–Kier alpha value is -1.55. The van der Waals surface area contributed by atoms with Gasteiger partial charge in [0.1, 0.15) is 5.75 Å². The quantitative estimate of drug-likeness (QED) is 0.877. The van der Waals surface area contributed by atoms with E-state index in [-0.39, 0.29) is 0 Å². The molecule has 1 aromatic rings. The maximum absolute atomic E-state index is 12.6. The number of methoxy groups -OCH3 is 1. The molecule has 0 unspecified atom stereocenters. The van der Waals surface area contributed by atoms with E-state index in [9.17, 15) is 4.79 Å². The number of rotatable bonds is 6. The van der Waals surface area contributed by atoms with Crippen molar-refractivity contribution in [3.05, 3.63) is 29.8 Å². The third kappa shape index (κ3) is 4.01. The van der Waals surface area contributed by atoms with Gasteiger partial charge < -0.3 is 15.0 Å². The van der Waals surface area contributed by atoms with Crippen LogP contribution in [0.5, 0.6) is 5.75 Å². The average molecular weight is 302 g/mol. The molecular weight excluding hydrogens is 276 g/mol. The summed E-state index contributed by atoms with van der Waals surface area (Å²) in [6.07, 6.45) is 4.50. The van der Waals surface area contributed by atoms with Gasteiger partial charge in [0.25, 0.3) is 0 Å². The summed E-state index contributed by atoms with van der Waals surface area (Å²) in [5.74, 6) is 2.15. The van der Waals surface area contributed by atoms with Crippen molar-refractivity contribution in [2.24, 2.45) is 11.8 Å². The summed E-state index contributed by atoms with van der Waals surface area (Å²) in [6.45, 7) is 3.80. The number of hydrogen-bond donors (Lipinski definition) is 1. The summed E-state index contributed by atoms with van der Waals surface area (Å²) in [5.41, 5.74) is 1.18. The minimum Gasteiger partial charge on any atom is -0.497 e. The fraction of sp³-hybridized carbons (Fsp3) is 0.611. The maximum Gasteiger partial charge on any atom is 0.225 e. The second-order valence-corrected chi connectivity index (χ2v) is 6.53. The van der Waals surface area contributed by atoms with E-state index in [1.54, 1.807) is 7.11 Å². The van der Waals surface area contributed by atoms with Gasteiger partial charge in [0.15, 0.2) is 0 Å². The molecule has 1 aliphatic heterocycles. The van der Waals surface area contributed by atoms with Crippen LogP contribution in [0, 0.1) is 11.8 Å². The first-order valence-electron chi connectivity index (χ1n) is 8.38. The molecule has 1 aliphatic carbocycles. The summed E-state index contributed by atoms with van der Waals surface area (Å²) >= 11 is 0. The van der Waals surface area contributed by atoms with Crippen LogP contribution in [0.4, 0.5) is 0 Å². The van der Waals surface area contributed by atoms with Crippen molar-refractivity contribution in [2.75, 3.05) is 26.7 Å². The maximum atomic E-state index is 12.6. The lowest BCUT2D eigenvalue weighted by Gasteiger charge is -2.30. The largest absolute Gasteiger partial charge is 0.497 e. The van der Waals surface area contributed by atoms with Gasteiger partial charge in [0, 0.05) is 19.0 Å². The van der Waals surface area contributed by atoms with E-state index in [0.29, 0.717) is 17.7 Å². The van der Waals surface area contributed by atoms with Crippen molar-refractivity contribution in [2.45, 2.75) is 32.2 Å². The number of amides is 1. The minimum absolute atomic E-state index is 0.292. The van der Waals surface area contributed by atoms with E-state index in [2.05, 4.69) is 22.3 Å². The van der Waals surface area contributed by atoms with Crippen LogP contribution in [0.3, 0.4) is 0 Å². The van der Waals surface area contributed by atoms with Gasteiger partial charge in [-0.25, -0.2) is 0 Å². The molecule has 1 aromatic carbocycles. The number of carbonyl (C=O) groups excluding carboxylic acids is 1. The topological polar surface area (TPSA) is 41.6 Å². The normalized spacial score (nSPS) is 19.0. The molecule has 0 bridgehead atoms. The van der Waals surface area contributed by atoms with Gasteiger partial charge in [-0.05, 0) is 62.4 Å². The highest BCUT2D eigenvalue weighted by Crippen LogP contribution is 2.32. The van der Waals surface area contributed by atoms with Crippen molar-refractivity contribution in [3.63, 3.8) is 0 Å². The summed E-state index contributed by atoms with van der Waals surface area (Å²) in [6, 6.07) is 8.07. The van der Waals surface area contributed by atoms with Gasteiger partial charge in [0.2, 0.25) is 5.91 Å². The SMILES string of the molecule is COc1ccc(CN(CC2CCNCC2)C(=O)C2CC2)cc1. The van der Waals surface area contributed by atoms with Gasteiger partial charge >= 0.3 is 0 Å². The molecule has 0 atom stereocenters. The molecule has 0 radical (unpaired) electrons. The molecule has 4 nitrogen and oxygen atoms in total. The Morgan fingerprint density at radius 2 is 1.86 bits per heavy atom. The third-order valence-electron chi connectivity index (χ3n) is 4.71. The molecule has 1 saturated carbocycles. The van der Waals surface area contributed by atoms with Gasteiger partial charge in [-0.2, -0.15) is 0 Å². The van der Waals surface area contributed by atoms with Crippen LogP contribution in [-0.4, -0.2) is 37.6 Å². The van der Waals surface area contributed by atoms with Gasteiger partial charge in [-0.1, -0.05) is 12.1 Å². The van der Waals surface area contributed by atoms with Crippen molar-refractivity contribution in [1.29, 1.82) is 0 Å². The summed E-state index contributed by atoms with van der Waals surface area (Å²) in [5, 5.41) is 3.40. The van der Waals surface area contributed by atoms with Gasteiger partial charge in [-0.3, -0.25) is 4.79 Å². The lowest BCUT2D eigenvalue weighted by molar-refractivity contribution is -0.134. The van der Waals surface area contributed by atoms with E-state index >= 15 is 0 Å². The first-order valence-corrected chi connectivity index (χ1v) is 8.38. The zero-order valence-electron chi connectivity index (χ0n) is 13.4. The van der Waals surface area contributed by atoms with Crippen LogP contribution in [-0.2, 0) is 11.3 Å². The molecule has 120 valence electrons. The summed E-state index contributed by atoms with van der Waals surface area (Å²) in [7, 11) is 1.68. The van der Waals surface area contributed by atoms with E-state index in [4.69, 9.17) is 4.74 Å². The second kappa shape index (κ2) is 7.14. The predicted molar refractivity (Wildman–Crippen MR) is 86.7 cm³/mol. The summed E-state index contributed by atoms with van der Waals surface area (Å²) in [4.78, 5) is 14.7. The Balaban J connectivity index is 1.65. The molecule has 2 aliphatic rings.